The molecule has 1 heterocycles. The molecule has 0 spiro atoms. The molecule has 0 aliphatic carbocycles. The lowest BCUT2D eigenvalue weighted by Crippen LogP contribution is -2.32. The van der Waals surface area contributed by atoms with Crippen LogP contribution in [0.15, 0.2) is 30.3 Å². The Bertz CT molecular complexity index is 690. The van der Waals surface area contributed by atoms with Crippen LogP contribution in [0.5, 0.6) is 0 Å². The van der Waals surface area contributed by atoms with Crippen molar-refractivity contribution in [1.29, 1.82) is 0 Å². The number of rotatable bonds is 6. The molecule has 1 unspecified atom stereocenters. The number of amides is 1. The van der Waals surface area contributed by atoms with E-state index in [-0.39, 0.29) is 24.3 Å². The van der Waals surface area contributed by atoms with Crippen molar-refractivity contribution in [1.82, 2.24) is 15.3 Å². The molecule has 1 atom stereocenters. The van der Waals surface area contributed by atoms with Gasteiger partial charge in [-0.15, -0.1) is 0 Å². The number of hydrogen-bond donors (Lipinski definition) is 2. The second-order valence-corrected chi connectivity index (χ2v) is 5.45. The van der Waals surface area contributed by atoms with E-state index in [0.717, 1.165) is 6.42 Å². The summed E-state index contributed by atoms with van der Waals surface area (Å²) in [5.74, 6) is -0.219. The number of hydrogen-bond acceptors (Lipinski definition) is 4. The lowest BCUT2D eigenvalue weighted by atomic mass is 10.2. The zero-order chi connectivity index (χ0) is 16.8. The van der Waals surface area contributed by atoms with Gasteiger partial charge in [0, 0.05) is 23.8 Å². The maximum absolute atomic E-state index is 13.6. The van der Waals surface area contributed by atoms with E-state index in [1.807, 2.05) is 13.8 Å². The number of nitrogens with one attached hydrogen (secondary N) is 2. The molecule has 5 nitrogen and oxygen atoms in total. The minimum Gasteiger partial charge on any atom is -0.350 e. The van der Waals surface area contributed by atoms with Gasteiger partial charge in [0.15, 0.2) is 0 Å². The van der Waals surface area contributed by atoms with Crippen molar-refractivity contribution in [3.63, 3.8) is 0 Å². The largest absolute Gasteiger partial charge is 0.350 e. The number of benzene rings is 1. The Hall–Kier alpha value is -2.50. The summed E-state index contributed by atoms with van der Waals surface area (Å²) in [6, 6.07) is 8.20. The summed E-state index contributed by atoms with van der Waals surface area (Å²) in [6.45, 7) is 5.97. The summed E-state index contributed by atoms with van der Waals surface area (Å²) in [5, 5.41) is 5.83. The van der Waals surface area contributed by atoms with Crippen LogP contribution < -0.4 is 10.6 Å². The SMILES string of the molecule is CCC(C)NC(=O)c1cc(C)nc(NCc2ccccc2F)n1. The molecule has 1 amide bonds. The van der Waals surface area contributed by atoms with E-state index in [1.165, 1.54) is 6.07 Å². The molecule has 0 radical (unpaired) electrons. The standard InChI is InChI=1S/C17H21FN4O/c1-4-11(2)20-16(23)15-9-12(3)21-17(22-15)19-10-13-7-5-6-8-14(13)18/h5-9,11H,4,10H2,1-3H3,(H,20,23)(H,19,21,22). The highest BCUT2D eigenvalue weighted by atomic mass is 19.1. The number of carbonyl (C=O) groups is 1. The lowest BCUT2D eigenvalue weighted by molar-refractivity contribution is 0.0934. The minimum atomic E-state index is -0.289. The van der Waals surface area contributed by atoms with Crippen molar-refractivity contribution >= 4 is 11.9 Å². The van der Waals surface area contributed by atoms with Gasteiger partial charge in [-0.25, -0.2) is 14.4 Å². The second-order valence-electron chi connectivity index (χ2n) is 5.45. The third-order valence-corrected chi connectivity index (χ3v) is 3.47. The van der Waals surface area contributed by atoms with Crippen molar-refractivity contribution in [2.24, 2.45) is 0 Å². The monoisotopic (exact) mass is 316 g/mol. The number of carbonyl (C=O) groups excluding carboxylic acids is 1. The molecule has 122 valence electrons. The van der Waals surface area contributed by atoms with Gasteiger partial charge in [0.25, 0.3) is 5.91 Å². The van der Waals surface area contributed by atoms with Crippen LogP contribution in [0.2, 0.25) is 0 Å². The Morgan fingerprint density at radius 1 is 1.30 bits per heavy atom. The van der Waals surface area contributed by atoms with Crippen LogP contribution in [0.4, 0.5) is 10.3 Å². The van der Waals surface area contributed by atoms with Gasteiger partial charge < -0.3 is 10.6 Å². The van der Waals surface area contributed by atoms with E-state index in [4.69, 9.17) is 0 Å². The van der Waals surface area contributed by atoms with E-state index in [2.05, 4.69) is 20.6 Å². The van der Waals surface area contributed by atoms with Gasteiger partial charge in [0.2, 0.25) is 5.95 Å². The Balaban J connectivity index is 2.11. The zero-order valence-electron chi connectivity index (χ0n) is 13.6. The molecule has 23 heavy (non-hydrogen) atoms. The predicted molar refractivity (Wildman–Crippen MR) is 87.7 cm³/mol. The first kappa shape index (κ1) is 16.9. The molecule has 6 heteroatoms. The van der Waals surface area contributed by atoms with Gasteiger partial charge in [-0.05, 0) is 32.4 Å². The summed E-state index contributed by atoms with van der Waals surface area (Å²) in [6.07, 6.45) is 0.841. The normalized spacial score (nSPS) is 11.8. The number of aryl methyl sites for hydroxylation is 1. The molecule has 2 rings (SSSR count). The average Bonchev–Trinajstić information content (AvgIpc) is 2.53. The van der Waals surface area contributed by atoms with E-state index in [0.29, 0.717) is 22.9 Å². The number of halogens is 1. The maximum atomic E-state index is 13.6. The second kappa shape index (κ2) is 7.67. The van der Waals surface area contributed by atoms with Gasteiger partial charge >= 0.3 is 0 Å². The lowest BCUT2D eigenvalue weighted by Gasteiger charge is -2.12. The van der Waals surface area contributed by atoms with Crippen molar-refractivity contribution in [3.05, 3.63) is 53.1 Å². The third kappa shape index (κ3) is 4.74. The molecule has 1 aromatic carbocycles. The number of anilines is 1. The van der Waals surface area contributed by atoms with Gasteiger partial charge in [-0.1, -0.05) is 25.1 Å². The molecule has 0 aliphatic rings. The Kier molecular flexibility index (Phi) is 5.62. The van der Waals surface area contributed by atoms with Gasteiger partial charge in [-0.3, -0.25) is 4.79 Å². The molecule has 0 saturated carbocycles. The van der Waals surface area contributed by atoms with Crippen LogP contribution in [0.3, 0.4) is 0 Å². The highest BCUT2D eigenvalue weighted by Crippen LogP contribution is 2.10. The van der Waals surface area contributed by atoms with Crippen LogP contribution in [0.25, 0.3) is 0 Å². The summed E-state index contributed by atoms with van der Waals surface area (Å²) in [7, 11) is 0. The Morgan fingerprint density at radius 3 is 2.74 bits per heavy atom. The molecular formula is C17H21FN4O. The zero-order valence-corrected chi connectivity index (χ0v) is 13.6. The van der Waals surface area contributed by atoms with E-state index in [9.17, 15) is 9.18 Å². The van der Waals surface area contributed by atoms with Crippen LogP contribution in [-0.2, 0) is 6.54 Å². The quantitative estimate of drug-likeness (QED) is 0.859. The van der Waals surface area contributed by atoms with Gasteiger partial charge in [-0.2, -0.15) is 0 Å². The number of nitrogens with zero attached hydrogens (tertiary/aromatic N) is 2. The highest BCUT2D eigenvalue weighted by molar-refractivity contribution is 5.92. The summed E-state index contributed by atoms with van der Waals surface area (Å²) >= 11 is 0. The maximum Gasteiger partial charge on any atom is 0.270 e. The molecule has 2 aromatic rings. The molecule has 0 bridgehead atoms. The van der Waals surface area contributed by atoms with E-state index in [1.54, 1.807) is 31.2 Å². The van der Waals surface area contributed by atoms with Crippen molar-refractivity contribution in [2.45, 2.75) is 39.8 Å². The third-order valence-electron chi connectivity index (χ3n) is 3.47. The van der Waals surface area contributed by atoms with Crippen LogP contribution in [0, 0.1) is 12.7 Å². The first-order valence-electron chi connectivity index (χ1n) is 7.63. The molecule has 1 aromatic heterocycles. The van der Waals surface area contributed by atoms with Crippen molar-refractivity contribution in [2.75, 3.05) is 5.32 Å². The van der Waals surface area contributed by atoms with Gasteiger partial charge in [0.1, 0.15) is 11.5 Å². The molecule has 0 aliphatic heterocycles. The fourth-order valence-electron chi connectivity index (χ4n) is 1.98. The fourth-order valence-corrected chi connectivity index (χ4v) is 1.98. The summed E-state index contributed by atoms with van der Waals surface area (Å²) in [5.41, 5.74) is 1.49. The fraction of sp³-hybridized carbons (Fsp3) is 0.353. The highest BCUT2D eigenvalue weighted by Gasteiger charge is 2.12. The van der Waals surface area contributed by atoms with Crippen molar-refractivity contribution < 1.29 is 9.18 Å². The smallest absolute Gasteiger partial charge is 0.270 e. The summed E-state index contributed by atoms with van der Waals surface area (Å²) < 4.78 is 13.6. The van der Waals surface area contributed by atoms with E-state index >= 15 is 0 Å². The first-order valence-corrected chi connectivity index (χ1v) is 7.63. The van der Waals surface area contributed by atoms with Gasteiger partial charge in [0.05, 0.1) is 0 Å². The molecular weight excluding hydrogens is 295 g/mol. The number of aromatic nitrogens is 2. The van der Waals surface area contributed by atoms with Crippen LogP contribution >= 0.6 is 0 Å². The summed E-state index contributed by atoms with van der Waals surface area (Å²) in [4.78, 5) is 20.6. The molecule has 0 saturated heterocycles. The Labute approximate surface area is 135 Å². The van der Waals surface area contributed by atoms with Crippen molar-refractivity contribution in [3.8, 4) is 0 Å². The van der Waals surface area contributed by atoms with Crippen LogP contribution in [-0.4, -0.2) is 21.9 Å². The molecule has 2 N–H and O–H groups in total. The Morgan fingerprint density at radius 2 is 2.04 bits per heavy atom. The average molecular weight is 316 g/mol. The topological polar surface area (TPSA) is 66.9 Å². The van der Waals surface area contributed by atoms with Crippen LogP contribution in [0.1, 0.15) is 42.0 Å². The van der Waals surface area contributed by atoms with E-state index < -0.39 is 0 Å². The molecule has 0 fully saturated rings. The predicted octanol–water partition coefficient (Wildman–Crippen LogP) is 3.06. The minimum absolute atomic E-state index is 0.0765. The first-order chi connectivity index (χ1) is 11.0.